The molecule has 1 aromatic rings. The number of oxazole rings is 1. The summed E-state index contributed by atoms with van der Waals surface area (Å²) in [4.78, 5) is 6.21. The molecule has 2 rings (SSSR count). The van der Waals surface area contributed by atoms with Crippen LogP contribution in [0.15, 0.2) is 10.6 Å². The minimum Gasteiger partial charge on any atom is -0.427 e. The molecule has 72 valence electrons. The number of nitrogens with two attached hydrogens (primary N) is 1. The predicted molar refractivity (Wildman–Crippen MR) is 50.1 cm³/mol. The first-order valence-electron chi connectivity index (χ1n) is 4.69. The van der Waals surface area contributed by atoms with Crippen molar-refractivity contribution in [2.45, 2.75) is 25.3 Å². The molecule has 4 nitrogen and oxygen atoms in total. The minimum absolute atomic E-state index is 0.272. The van der Waals surface area contributed by atoms with Gasteiger partial charge in [0.1, 0.15) is 5.76 Å². The third kappa shape index (κ3) is 1.67. The quantitative estimate of drug-likeness (QED) is 0.711. The van der Waals surface area contributed by atoms with Gasteiger partial charge >= 0.3 is 0 Å². The lowest BCUT2D eigenvalue weighted by atomic mass is 10.0. The molecule has 0 aliphatic carbocycles. The summed E-state index contributed by atoms with van der Waals surface area (Å²) in [6.07, 6.45) is 5.42. The average Bonchev–Trinajstić information content (AvgIpc) is 2.53. The summed E-state index contributed by atoms with van der Waals surface area (Å²) >= 11 is 0. The van der Waals surface area contributed by atoms with E-state index in [1.54, 1.807) is 6.20 Å². The van der Waals surface area contributed by atoms with Crippen LogP contribution in [-0.2, 0) is 0 Å². The normalized spacial score (nSPS) is 24.8. The fourth-order valence-electron chi connectivity index (χ4n) is 1.89. The van der Waals surface area contributed by atoms with Crippen molar-refractivity contribution in [3.8, 4) is 0 Å². The first kappa shape index (κ1) is 8.56. The van der Waals surface area contributed by atoms with Crippen molar-refractivity contribution in [2.24, 2.45) is 0 Å². The van der Waals surface area contributed by atoms with Gasteiger partial charge in [-0.15, -0.1) is 0 Å². The summed E-state index contributed by atoms with van der Waals surface area (Å²) < 4.78 is 5.32. The topological polar surface area (TPSA) is 55.3 Å². The molecule has 4 heteroatoms. The van der Waals surface area contributed by atoms with Gasteiger partial charge in [0, 0.05) is 0 Å². The van der Waals surface area contributed by atoms with Crippen LogP contribution in [0, 0.1) is 0 Å². The highest BCUT2D eigenvalue weighted by molar-refractivity contribution is 5.13. The van der Waals surface area contributed by atoms with Crippen LogP contribution in [0.2, 0.25) is 0 Å². The summed E-state index contributed by atoms with van der Waals surface area (Å²) in [7, 11) is 2.11. The molecule has 1 aliphatic rings. The molecule has 1 aliphatic heterocycles. The van der Waals surface area contributed by atoms with Crippen LogP contribution in [0.1, 0.15) is 31.1 Å². The standard InChI is InChI=1S/C9H15N3O/c1-12-5-3-2-4-7(12)8-6-11-9(10)13-8/h6-7H,2-5H2,1H3,(H2,10,11). The van der Waals surface area contributed by atoms with Crippen LogP contribution >= 0.6 is 0 Å². The molecule has 0 aromatic carbocycles. The zero-order valence-corrected chi connectivity index (χ0v) is 7.86. The monoisotopic (exact) mass is 181 g/mol. The van der Waals surface area contributed by atoms with Gasteiger partial charge in [-0.05, 0) is 26.4 Å². The molecular formula is C9H15N3O. The molecule has 2 heterocycles. The Hall–Kier alpha value is -1.03. The first-order valence-corrected chi connectivity index (χ1v) is 4.69. The molecule has 1 atom stereocenters. The SMILES string of the molecule is CN1CCCCC1c1cnc(N)o1. The van der Waals surface area contributed by atoms with Gasteiger partial charge in [-0.1, -0.05) is 6.42 Å². The number of anilines is 1. The summed E-state index contributed by atoms with van der Waals surface area (Å²) in [5.74, 6) is 0.903. The molecule has 0 radical (unpaired) electrons. The van der Waals surface area contributed by atoms with Gasteiger partial charge in [0.15, 0.2) is 0 Å². The van der Waals surface area contributed by atoms with Crippen LogP contribution in [0.3, 0.4) is 0 Å². The second kappa shape index (κ2) is 3.38. The highest BCUT2D eigenvalue weighted by Gasteiger charge is 2.23. The third-order valence-electron chi connectivity index (χ3n) is 2.64. The smallest absolute Gasteiger partial charge is 0.292 e. The van der Waals surface area contributed by atoms with E-state index in [9.17, 15) is 0 Å². The van der Waals surface area contributed by atoms with Gasteiger partial charge in [0.2, 0.25) is 0 Å². The maximum absolute atomic E-state index is 5.43. The van der Waals surface area contributed by atoms with Crippen molar-refractivity contribution < 1.29 is 4.42 Å². The maximum Gasteiger partial charge on any atom is 0.292 e. The number of rotatable bonds is 1. The van der Waals surface area contributed by atoms with Crippen molar-refractivity contribution in [1.82, 2.24) is 9.88 Å². The van der Waals surface area contributed by atoms with E-state index < -0.39 is 0 Å². The summed E-state index contributed by atoms with van der Waals surface area (Å²) in [5, 5.41) is 0. The Labute approximate surface area is 77.7 Å². The molecule has 0 saturated carbocycles. The number of likely N-dealkylation sites (tertiary alicyclic amines) is 1. The lowest BCUT2D eigenvalue weighted by Crippen LogP contribution is -2.29. The van der Waals surface area contributed by atoms with Crippen molar-refractivity contribution in [3.63, 3.8) is 0 Å². The Morgan fingerprint density at radius 1 is 1.62 bits per heavy atom. The van der Waals surface area contributed by atoms with Crippen LogP contribution in [0.4, 0.5) is 6.01 Å². The Balaban J connectivity index is 2.14. The molecule has 1 fully saturated rings. The molecule has 0 spiro atoms. The largest absolute Gasteiger partial charge is 0.427 e. The van der Waals surface area contributed by atoms with E-state index in [0.717, 1.165) is 18.7 Å². The average molecular weight is 181 g/mol. The highest BCUT2D eigenvalue weighted by Crippen LogP contribution is 2.29. The molecule has 1 unspecified atom stereocenters. The fraction of sp³-hybridized carbons (Fsp3) is 0.667. The summed E-state index contributed by atoms with van der Waals surface area (Å²) in [6.45, 7) is 1.13. The van der Waals surface area contributed by atoms with E-state index in [1.807, 2.05) is 0 Å². The van der Waals surface area contributed by atoms with Gasteiger partial charge in [-0.3, -0.25) is 4.90 Å². The van der Waals surface area contributed by atoms with Gasteiger partial charge in [0.25, 0.3) is 6.01 Å². The zero-order valence-electron chi connectivity index (χ0n) is 7.86. The Morgan fingerprint density at radius 3 is 3.08 bits per heavy atom. The number of hydrogen-bond acceptors (Lipinski definition) is 4. The van der Waals surface area contributed by atoms with Gasteiger partial charge in [-0.2, -0.15) is 0 Å². The van der Waals surface area contributed by atoms with Crippen LogP contribution in [0.25, 0.3) is 0 Å². The Kier molecular flexibility index (Phi) is 2.22. The second-order valence-electron chi connectivity index (χ2n) is 3.59. The zero-order chi connectivity index (χ0) is 9.26. The molecule has 1 saturated heterocycles. The molecule has 0 amide bonds. The number of hydrogen-bond donors (Lipinski definition) is 1. The van der Waals surface area contributed by atoms with Gasteiger partial charge in [-0.25, -0.2) is 4.98 Å². The Bertz CT molecular complexity index is 284. The van der Waals surface area contributed by atoms with E-state index in [0.29, 0.717) is 6.04 Å². The summed E-state index contributed by atoms with van der Waals surface area (Å²) in [5.41, 5.74) is 5.43. The molecular weight excluding hydrogens is 166 g/mol. The number of aromatic nitrogens is 1. The van der Waals surface area contributed by atoms with E-state index in [-0.39, 0.29) is 6.01 Å². The number of piperidine rings is 1. The van der Waals surface area contributed by atoms with Gasteiger partial charge < -0.3 is 10.2 Å². The first-order chi connectivity index (χ1) is 6.27. The van der Waals surface area contributed by atoms with Crippen LogP contribution in [-0.4, -0.2) is 23.5 Å². The molecule has 2 N–H and O–H groups in total. The predicted octanol–water partition coefficient (Wildman–Crippen LogP) is 1.41. The lowest BCUT2D eigenvalue weighted by Gasteiger charge is -2.30. The van der Waals surface area contributed by atoms with Crippen molar-refractivity contribution in [2.75, 3.05) is 19.3 Å². The molecule has 0 bridgehead atoms. The van der Waals surface area contributed by atoms with Gasteiger partial charge in [0.05, 0.1) is 12.2 Å². The fourth-order valence-corrected chi connectivity index (χ4v) is 1.89. The van der Waals surface area contributed by atoms with E-state index >= 15 is 0 Å². The second-order valence-corrected chi connectivity index (χ2v) is 3.59. The van der Waals surface area contributed by atoms with Crippen LogP contribution in [0.5, 0.6) is 0 Å². The Morgan fingerprint density at radius 2 is 2.46 bits per heavy atom. The van der Waals surface area contributed by atoms with E-state index in [2.05, 4.69) is 16.9 Å². The minimum atomic E-state index is 0.272. The van der Waals surface area contributed by atoms with Crippen molar-refractivity contribution in [3.05, 3.63) is 12.0 Å². The lowest BCUT2D eigenvalue weighted by molar-refractivity contribution is 0.165. The molecule has 13 heavy (non-hydrogen) atoms. The number of nitrogen functional groups attached to an aromatic ring is 1. The van der Waals surface area contributed by atoms with E-state index in [4.69, 9.17) is 10.2 Å². The summed E-state index contributed by atoms with van der Waals surface area (Å²) in [6, 6.07) is 0.646. The van der Waals surface area contributed by atoms with Crippen LogP contribution < -0.4 is 5.73 Å². The van der Waals surface area contributed by atoms with E-state index in [1.165, 1.54) is 12.8 Å². The van der Waals surface area contributed by atoms with Crippen molar-refractivity contribution >= 4 is 6.01 Å². The highest BCUT2D eigenvalue weighted by atomic mass is 16.4. The maximum atomic E-state index is 5.43. The third-order valence-corrected chi connectivity index (χ3v) is 2.64. The number of nitrogens with zero attached hydrogens (tertiary/aromatic N) is 2. The van der Waals surface area contributed by atoms with Crippen molar-refractivity contribution in [1.29, 1.82) is 0 Å². The molecule has 1 aromatic heterocycles.